The van der Waals surface area contributed by atoms with Crippen molar-refractivity contribution in [2.45, 2.75) is 12.8 Å². The van der Waals surface area contributed by atoms with Crippen molar-refractivity contribution in [3.63, 3.8) is 0 Å². The third-order valence-corrected chi connectivity index (χ3v) is 3.50. The van der Waals surface area contributed by atoms with Crippen LogP contribution in [-0.2, 0) is 0 Å². The van der Waals surface area contributed by atoms with Crippen LogP contribution in [0.5, 0.6) is 5.75 Å². The summed E-state index contributed by atoms with van der Waals surface area (Å²) in [4.78, 5) is 2.07. The fourth-order valence-corrected chi connectivity index (χ4v) is 2.15. The Morgan fingerprint density at radius 2 is 2.24 bits per heavy atom. The minimum atomic E-state index is -0.138. The molecule has 0 unspecified atom stereocenters. The van der Waals surface area contributed by atoms with E-state index in [0.29, 0.717) is 10.8 Å². The Kier molecular flexibility index (Phi) is 3.17. The number of hydrogen-bond acceptors (Lipinski definition) is 3. The van der Waals surface area contributed by atoms with Crippen LogP contribution >= 0.6 is 11.6 Å². The average molecular weight is 251 g/mol. The summed E-state index contributed by atoms with van der Waals surface area (Å²) in [6.45, 7) is 0.756. The van der Waals surface area contributed by atoms with Crippen LogP contribution in [0.4, 0.5) is 5.69 Å². The van der Waals surface area contributed by atoms with Gasteiger partial charge in [-0.25, -0.2) is 0 Å². The fourth-order valence-electron chi connectivity index (χ4n) is 1.89. The quantitative estimate of drug-likeness (QED) is 0.824. The highest BCUT2D eigenvalue weighted by molar-refractivity contribution is 6.32. The van der Waals surface area contributed by atoms with Gasteiger partial charge >= 0.3 is 0 Å². The number of benzene rings is 1. The molecular formula is C13H15ClN2O. The summed E-state index contributed by atoms with van der Waals surface area (Å²) in [7, 11) is 3.58. The van der Waals surface area contributed by atoms with Crippen molar-refractivity contribution in [2.24, 2.45) is 5.41 Å². The molecule has 1 saturated carbocycles. The third kappa shape index (κ3) is 2.48. The highest BCUT2D eigenvalue weighted by atomic mass is 35.5. The summed E-state index contributed by atoms with van der Waals surface area (Å²) in [5, 5.41) is 9.66. The summed E-state index contributed by atoms with van der Waals surface area (Å²) < 4.78 is 5.11. The van der Waals surface area contributed by atoms with Crippen molar-refractivity contribution in [1.82, 2.24) is 0 Å². The molecule has 0 saturated heterocycles. The molecule has 0 N–H and O–H groups in total. The molecule has 1 aromatic carbocycles. The van der Waals surface area contributed by atoms with Crippen LogP contribution in [0.15, 0.2) is 18.2 Å². The smallest absolute Gasteiger partial charge is 0.137 e. The lowest BCUT2D eigenvalue weighted by molar-refractivity contribution is 0.415. The second kappa shape index (κ2) is 4.46. The van der Waals surface area contributed by atoms with Crippen LogP contribution in [0.3, 0.4) is 0 Å². The van der Waals surface area contributed by atoms with Gasteiger partial charge in [0.25, 0.3) is 0 Å². The molecule has 1 fully saturated rings. The first-order chi connectivity index (χ1) is 8.10. The van der Waals surface area contributed by atoms with Gasteiger partial charge in [-0.05, 0) is 31.0 Å². The minimum Gasteiger partial charge on any atom is -0.495 e. The molecule has 0 spiro atoms. The number of rotatable bonds is 4. The van der Waals surface area contributed by atoms with Crippen molar-refractivity contribution in [1.29, 1.82) is 5.26 Å². The van der Waals surface area contributed by atoms with E-state index in [1.807, 2.05) is 25.2 Å². The van der Waals surface area contributed by atoms with E-state index in [9.17, 15) is 0 Å². The predicted octanol–water partition coefficient (Wildman–Crippen LogP) is 3.09. The Morgan fingerprint density at radius 1 is 1.53 bits per heavy atom. The van der Waals surface area contributed by atoms with Crippen LogP contribution in [0.2, 0.25) is 5.02 Å². The van der Waals surface area contributed by atoms with Crippen molar-refractivity contribution in [3.8, 4) is 11.8 Å². The lowest BCUT2D eigenvalue weighted by atomic mass is 10.1. The van der Waals surface area contributed by atoms with Gasteiger partial charge in [0.1, 0.15) is 5.75 Å². The first kappa shape index (κ1) is 12.1. The zero-order valence-electron chi connectivity index (χ0n) is 10.0. The fraction of sp³-hybridized carbons (Fsp3) is 0.462. The van der Waals surface area contributed by atoms with Crippen molar-refractivity contribution < 1.29 is 4.74 Å². The van der Waals surface area contributed by atoms with E-state index in [4.69, 9.17) is 21.6 Å². The number of ether oxygens (including phenoxy) is 1. The monoisotopic (exact) mass is 250 g/mol. The number of anilines is 1. The number of halogens is 1. The number of nitrogens with zero attached hydrogens (tertiary/aromatic N) is 2. The zero-order valence-corrected chi connectivity index (χ0v) is 10.8. The first-order valence-electron chi connectivity index (χ1n) is 5.56. The SMILES string of the molecule is COc1ccc(N(C)CC2(C#N)CC2)cc1Cl. The van der Waals surface area contributed by atoms with Gasteiger partial charge in [-0.2, -0.15) is 5.26 Å². The van der Waals surface area contributed by atoms with Gasteiger partial charge in [-0.1, -0.05) is 11.6 Å². The van der Waals surface area contributed by atoms with Crippen molar-refractivity contribution in [2.75, 3.05) is 25.6 Å². The molecule has 2 rings (SSSR count). The zero-order chi connectivity index (χ0) is 12.5. The van der Waals surface area contributed by atoms with E-state index in [1.54, 1.807) is 7.11 Å². The molecular weight excluding hydrogens is 236 g/mol. The van der Waals surface area contributed by atoms with Gasteiger partial charge < -0.3 is 9.64 Å². The Hall–Kier alpha value is -1.40. The second-order valence-electron chi connectivity index (χ2n) is 4.57. The molecule has 4 heteroatoms. The maximum Gasteiger partial charge on any atom is 0.137 e. The van der Waals surface area contributed by atoms with Crippen LogP contribution in [0.1, 0.15) is 12.8 Å². The lowest BCUT2D eigenvalue weighted by Crippen LogP contribution is -2.25. The van der Waals surface area contributed by atoms with Gasteiger partial charge in [-0.3, -0.25) is 0 Å². The molecule has 0 heterocycles. The Balaban J connectivity index is 2.12. The maximum absolute atomic E-state index is 9.07. The van der Waals surface area contributed by atoms with Crippen LogP contribution in [0, 0.1) is 16.7 Å². The minimum absolute atomic E-state index is 0.138. The highest BCUT2D eigenvalue weighted by Crippen LogP contribution is 2.46. The average Bonchev–Trinajstić information content (AvgIpc) is 3.09. The van der Waals surface area contributed by atoms with E-state index in [0.717, 1.165) is 25.1 Å². The summed E-state index contributed by atoms with van der Waals surface area (Å²) in [5.41, 5.74) is 0.874. The molecule has 90 valence electrons. The molecule has 1 aliphatic rings. The highest BCUT2D eigenvalue weighted by Gasteiger charge is 2.44. The molecule has 3 nitrogen and oxygen atoms in total. The number of methoxy groups -OCH3 is 1. The van der Waals surface area contributed by atoms with Gasteiger partial charge in [0.15, 0.2) is 0 Å². The van der Waals surface area contributed by atoms with E-state index >= 15 is 0 Å². The first-order valence-corrected chi connectivity index (χ1v) is 5.94. The molecule has 0 aliphatic heterocycles. The molecule has 0 aromatic heterocycles. The maximum atomic E-state index is 9.07. The van der Waals surface area contributed by atoms with E-state index in [-0.39, 0.29) is 5.41 Å². The molecule has 0 atom stereocenters. The van der Waals surface area contributed by atoms with Crippen molar-refractivity contribution in [3.05, 3.63) is 23.2 Å². The van der Waals surface area contributed by atoms with Crippen LogP contribution < -0.4 is 9.64 Å². The van der Waals surface area contributed by atoms with Crippen molar-refractivity contribution >= 4 is 17.3 Å². The third-order valence-electron chi connectivity index (χ3n) is 3.21. The van der Waals surface area contributed by atoms with Crippen LogP contribution in [-0.4, -0.2) is 20.7 Å². The Labute approximate surface area is 107 Å². The molecule has 1 aliphatic carbocycles. The molecule has 17 heavy (non-hydrogen) atoms. The van der Waals surface area contributed by atoms with Gasteiger partial charge in [0.05, 0.1) is 23.6 Å². The number of nitriles is 1. The van der Waals surface area contributed by atoms with Gasteiger partial charge in [-0.15, -0.1) is 0 Å². The molecule has 0 bridgehead atoms. The molecule has 1 aromatic rings. The van der Waals surface area contributed by atoms with E-state index < -0.39 is 0 Å². The Morgan fingerprint density at radius 3 is 2.71 bits per heavy atom. The van der Waals surface area contributed by atoms with E-state index in [2.05, 4.69) is 11.0 Å². The van der Waals surface area contributed by atoms with Gasteiger partial charge in [0.2, 0.25) is 0 Å². The summed E-state index contributed by atoms with van der Waals surface area (Å²) in [6, 6.07) is 8.06. The summed E-state index contributed by atoms with van der Waals surface area (Å²) in [6.07, 6.45) is 2.00. The normalized spacial score (nSPS) is 16.1. The standard InChI is InChI=1S/C13H15ClN2O/c1-16(9-13(8-15)5-6-13)10-3-4-12(17-2)11(14)7-10/h3-4,7H,5-6,9H2,1-2H3. The second-order valence-corrected chi connectivity index (χ2v) is 4.97. The summed E-state index contributed by atoms with van der Waals surface area (Å²) >= 11 is 6.08. The molecule has 0 amide bonds. The number of hydrogen-bond donors (Lipinski definition) is 0. The van der Waals surface area contributed by atoms with Crippen LogP contribution in [0.25, 0.3) is 0 Å². The lowest BCUT2D eigenvalue weighted by Gasteiger charge is -2.22. The topological polar surface area (TPSA) is 36.3 Å². The predicted molar refractivity (Wildman–Crippen MR) is 68.6 cm³/mol. The van der Waals surface area contributed by atoms with E-state index in [1.165, 1.54) is 0 Å². The largest absolute Gasteiger partial charge is 0.495 e. The molecule has 0 radical (unpaired) electrons. The summed E-state index contributed by atoms with van der Waals surface area (Å²) in [5.74, 6) is 0.672. The Bertz CT molecular complexity index is 463. The van der Waals surface area contributed by atoms with Gasteiger partial charge in [0, 0.05) is 19.3 Å².